The number of phenols is 1. The Kier molecular flexibility index (Phi) is 6.67. The first kappa shape index (κ1) is 15.8. The van der Waals surface area contributed by atoms with Gasteiger partial charge in [0.15, 0.2) is 11.5 Å². The quantitative estimate of drug-likeness (QED) is 0.782. The fourth-order valence-corrected chi connectivity index (χ4v) is 2.03. The zero-order valence-corrected chi connectivity index (χ0v) is 12.5. The highest BCUT2D eigenvalue weighted by molar-refractivity contribution is 5.45. The van der Waals surface area contributed by atoms with Crippen LogP contribution < -0.4 is 4.74 Å². The van der Waals surface area contributed by atoms with Crippen LogP contribution in [0.15, 0.2) is 18.2 Å². The zero-order chi connectivity index (χ0) is 14.3. The molecule has 0 aliphatic carbocycles. The van der Waals surface area contributed by atoms with Gasteiger partial charge in [-0.1, -0.05) is 19.1 Å². The number of methoxy groups -OCH3 is 1. The van der Waals surface area contributed by atoms with E-state index < -0.39 is 0 Å². The second-order valence-corrected chi connectivity index (χ2v) is 5.05. The van der Waals surface area contributed by atoms with Crippen molar-refractivity contribution in [2.24, 2.45) is 0 Å². The van der Waals surface area contributed by atoms with Crippen LogP contribution in [-0.4, -0.2) is 55.7 Å². The Morgan fingerprint density at radius 1 is 1.16 bits per heavy atom. The summed E-state index contributed by atoms with van der Waals surface area (Å²) in [6.45, 7) is 5.98. The minimum absolute atomic E-state index is 0.260. The average molecular weight is 266 g/mol. The number of nitrogens with zero attached hydrogens (tertiary/aromatic N) is 2. The van der Waals surface area contributed by atoms with Gasteiger partial charge in [-0.2, -0.15) is 0 Å². The summed E-state index contributed by atoms with van der Waals surface area (Å²) in [6, 6.07) is 5.66. The first-order chi connectivity index (χ1) is 9.08. The molecule has 0 saturated heterocycles. The number of hydrogen-bond donors (Lipinski definition) is 1. The fourth-order valence-electron chi connectivity index (χ4n) is 2.03. The van der Waals surface area contributed by atoms with E-state index in [-0.39, 0.29) is 5.75 Å². The van der Waals surface area contributed by atoms with Crippen molar-refractivity contribution < 1.29 is 9.84 Å². The normalized spacial score (nSPS) is 11.3. The minimum Gasteiger partial charge on any atom is -0.504 e. The maximum atomic E-state index is 10.1. The van der Waals surface area contributed by atoms with E-state index in [1.807, 2.05) is 12.1 Å². The highest BCUT2D eigenvalue weighted by Gasteiger charge is 2.11. The average Bonchev–Trinajstić information content (AvgIpc) is 2.38. The molecule has 0 radical (unpaired) electrons. The van der Waals surface area contributed by atoms with Crippen molar-refractivity contribution in [1.29, 1.82) is 0 Å². The first-order valence-corrected chi connectivity index (χ1v) is 6.80. The van der Waals surface area contributed by atoms with E-state index in [1.165, 1.54) is 0 Å². The Morgan fingerprint density at radius 2 is 1.89 bits per heavy atom. The summed E-state index contributed by atoms with van der Waals surface area (Å²) in [5, 5.41) is 10.1. The minimum atomic E-state index is 0.260. The number of hydrogen-bond acceptors (Lipinski definition) is 4. The van der Waals surface area contributed by atoms with E-state index >= 15 is 0 Å². The van der Waals surface area contributed by atoms with Crippen LogP contribution in [0, 0.1) is 0 Å². The van der Waals surface area contributed by atoms with Crippen LogP contribution in [0.5, 0.6) is 11.5 Å². The molecule has 0 amide bonds. The van der Waals surface area contributed by atoms with E-state index in [4.69, 9.17) is 4.74 Å². The van der Waals surface area contributed by atoms with Gasteiger partial charge in [0.2, 0.25) is 0 Å². The van der Waals surface area contributed by atoms with Crippen molar-refractivity contribution in [3.05, 3.63) is 23.8 Å². The Labute approximate surface area is 116 Å². The first-order valence-electron chi connectivity index (χ1n) is 6.80. The molecule has 0 aliphatic rings. The van der Waals surface area contributed by atoms with Crippen LogP contribution in [0.1, 0.15) is 18.9 Å². The van der Waals surface area contributed by atoms with Crippen LogP contribution in [0.25, 0.3) is 0 Å². The van der Waals surface area contributed by atoms with Gasteiger partial charge in [0.1, 0.15) is 0 Å². The second-order valence-electron chi connectivity index (χ2n) is 5.05. The van der Waals surface area contributed by atoms with Gasteiger partial charge in [-0.25, -0.2) is 0 Å². The molecule has 0 spiro atoms. The van der Waals surface area contributed by atoms with Crippen molar-refractivity contribution in [2.75, 3.05) is 40.8 Å². The van der Waals surface area contributed by atoms with Crippen molar-refractivity contribution in [1.82, 2.24) is 9.80 Å². The Morgan fingerprint density at radius 3 is 2.47 bits per heavy atom. The third-order valence-electron chi connectivity index (χ3n) is 3.10. The molecule has 1 aromatic rings. The van der Waals surface area contributed by atoms with E-state index in [9.17, 15) is 5.11 Å². The summed E-state index contributed by atoms with van der Waals surface area (Å²) < 4.78 is 5.15. The van der Waals surface area contributed by atoms with Gasteiger partial charge in [-0.3, -0.25) is 4.90 Å². The zero-order valence-electron chi connectivity index (χ0n) is 12.5. The van der Waals surface area contributed by atoms with Crippen molar-refractivity contribution >= 4 is 0 Å². The molecule has 1 N–H and O–H groups in total. The van der Waals surface area contributed by atoms with Crippen LogP contribution in [-0.2, 0) is 6.54 Å². The number of aromatic hydroxyl groups is 1. The Bertz CT molecular complexity index is 380. The van der Waals surface area contributed by atoms with Gasteiger partial charge < -0.3 is 14.7 Å². The summed E-state index contributed by atoms with van der Waals surface area (Å²) in [6.07, 6.45) is 1.11. The summed E-state index contributed by atoms with van der Waals surface area (Å²) in [5.41, 5.74) is 0.923. The molecule has 0 bridgehead atoms. The Hall–Kier alpha value is -1.26. The molecule has 0 fully saturated rings. The van der Waals surface area contributed by atoms with E-state index in [1.54, 1.807) is 13.2 Å². The lowest BCUT2D eigenvalue weighted by molar-refractivity contribution is 0.231. The molecule has 1 aromatic carbocycles. The number of rotatable bonds is 8. The monoisotopic (exact) mass is 266 g/mol. The third-order valence-corrected chi connectivity index (χ3v) is 3.10. The molecule has 0 saturated carbocycles. The van der Waals surface area contributed by atoms with Crippen LogP contribution in [0.3, 0.4) is 0 Å². The lowest BCUT2D eigenvalue weighted by atomic mass is 10.1. The van der Waals surface area contributed by atoms with E-state index in [0.29, 0.717) is 5.75 Å². The molecule has 0 heterocycles. The van der Waals surface area contributed by atoms with Gasteiger partial charge in [0, 0.05) is 25.2 Å². The number of phenolic OH excluding ortho intramolecular Hbond substituents is 1. The van der Waals surface area contributed by atoms with Crippen LogP contribution >= 0.6 is 0 Å². The molecule has 0 atom stereocenters. The van der Waals surface area contributed by atoms with Gasteiger partial charge in [-0.15, -0.1) is 0 Å². The molecule has 0 aliphatic heterocycles. The number of ether oxygens (including phenoxy) is 1. The SMILES string of the molecule is CCCN(CCN(C)C)Cc1cccc(OC)c1O. The lowest BCUT2D eigenvalue weighted by Gasteiger charge is -2.24. The Balaban J connectivity index is 2.72. The lowest BCUT2D eigenvalue weighted by Crippen LogP contribution is -2.32. The topological polar surface area (TPSA) is 35.9 Å². The number of benzene rings is 1. The van der Waals surface area contributed by atoms with Crippen LogP contribution in [0.4, 0.5) is 0 Å². The molecule has 19 heavy (non-hydrogen) atoms. The number of likely N-dealkylation sites (N-methyl/N-ethyl adjacent to an activating group) is 1. The largest absolute Gasteiger partial charge is 0.504 e. The van der Waals surface area contributed by atoms with Gasteiger partial charge in [0.05, 0.1) is 7.11 Å². The molecule has 4 nitrogen and oxygen atoms in total. The molecular weight excluding hydrogens is 240 g/mol. The van der Waals surface area contributed by atoms with Crippen molar-refractivity contribution in [2.45, 2.75) is 19.9 Å². The van der Waals surface area contributed by atoms with Crippen molar-refractivity contribution in [3.8, 4) is 11.5 Å². The van der Waals surface area contributed by atoms with Gasteiger partial charge in [0.25, 0.3) is 0 Å². The van der Waals surface area contributed by atoms with Gasteiger partial charge in [-0.05, 0) is 33.1 Å². The molecule has 108 valence electrons. The maximum absolute atomic E-state index is 10.1. The summed E-state index contributed by atoms with van der Waals surface area (Å²) >= 11 is 0. The highest BCUT2D eigenvalue weighted by atomic mass is 16.5. The highest BCUT2D eigenvalue weighted by Crippen LogP contribution is 2.30. The molecular formula is C15H26N2O2. The smallest absolute Gasteiger partial charge is 0.162 e. The standard InChI is InChI=1S/C15H26N2O2/c1-5-9-17(11-10-16(2)3)12-13-7-6-8-14(19-4)15(13)18/h6-8,18H,5,9-12H2,1-4H3. The molecule has 4 heteroatoms. The predicted molar refractivity (Wildman–Crippen MR) is 78.8 cm³/mol. The third kappa shape index (κ3) is 5.09. The van der Waals surface area contributed by atoms with E-state index in [2.05, 4.69) is 30.8 Å². The summed E-state index contributed by atoms with van der Waals surface area (Å²) in [7, 11) is 5.73. The maximum Gasteiger partial charge on any atom is 0.162 e. The van der Waals surface area contributed by atoms with E-state index in [0.717, 1.165) is 38.2 Å². The molecule has 0 unspecified atom stereocenters. The molecule has 1 rings (SSSR count). The van der Waals surface area contributed by atoms with Crippen molar-refractivity contribution in [3.63, 3.8) is 0 Å². The van der Waals surface area contributed by atoms with Crippen LogP contribution in [0.2, 0.25) is 0 Å². The molecule has 0 aromatic heterocycles. The number of para-hydroxylation sites is 1. The summed E-state index contributed by atoms with van der Waals surface area (Å²) in [5.74, 6) is 0.803. The predicted octanol–water partition coefficient (Wildman–Crippen LogP) is 2.17. The second kappa shape index (κ2) is 8.02. The fraction of sp³-hybridized carbons (Fsp3) is 0.600. The summed E-state index contributed by atoms with van der Waals surface area (Å²) in [4.78, 5) is 4.53. The van der Waals surface area contributed by atoms with Gasteiger partial charge >= 0.3 is 0 Å².